The summed E-state index contributed by atoms with van der Waals surface area (Å²) < 4.78 is 0. The smallest absolute Gasteiger partial charge is 0.230 e. The summed E-state index contributed by atoms with van der Waals surface area (Å²) in [5.74, 6) is 0.581. The second-order valence-corrected chi connectivity index (χ2v) is 7.34. The molecule has 3 aromatic rings. The van der Waals surface area contributed by atoms with Gasteiger partial charge in [0, 0.05) is 36.1 Å². The third-order valence-corrected chi connectivity index (χ3v) is 4.64. The molecule has 8 nitrogen and oxygen atoms in total. The lowest BCUT2D eigenvalue weighted by Gasteiger charge is -2.12. The van der Waals surface area contributed by atoms with Crippen LogP contribution in [0, 0.1) is 6.92 Å². The van der Waals surface area contributed by atoms with Crippen molar-refractivity contribution >= 4 is 23.6 Å². The molecule has 2 aromatic heterocycles. The number of hydrogen-bond acceptors (Lipinski definition) is 8. The Morgan fingerprint density at radius 3 is 2.42 bits per heavy atom. The molecular formula is C23H23N5O3. The predicted octanol–water partition coefficient (Wildman–Crippen LogP) is 3.47. The lowest BCUT2D eigenvalue weighted by Crippen LogP contribution is -2.33. The predicted molar refractivity (Wildman–Crippen MR) is 118 cm³/mol. The fourth-order valence-corrected chi connectivity index (χ4v) is 2.80. The molecule has 0 spiro atoms. The Kier molecular flexibility index (Phi) is 6.49. The van der Waals surface area contributed by atoms with Crippen molar-refractivity contribution in [2.45, 2.75) is 26.4 Å². The third-order valence-electron chi connectivity index (χ3n) is 4.64. The molecule has 4 rings (SSSR count). The number of aromatic nitrogens is 3. The Balaban J connectivity index is 0.000000287. The van der Waals surface area contributed by atoms with Gasteiger partial charge in [0.2, 0.25) is 5.78 Å². The van der Waals surface area contributed by atoms with E-state index in [0.717, 1.165) is 28.7 Å². The lowest BCUT2D eigenvalue weighted by molar-refractivity contribution is -0.128. The Hall–Kier alpha value is -3.94. The highest BCUT2D eigenvalue weighted by molar-refractivity contribution is 6.49. The van der Waals surface area contributed by atoms with Crippen molar-refractivity contribution in [1.82, 2.24) is 15.0 Å². The first-order valence-corrected chi connectivity index (χ1v) is 9.63. The molecule has 0 aliphatic carbocycles. The van der Waals surface area contributed by atoms with Gasteiger partial charge in [-0.2, -0.15) is 0 Å². The normalized spacial score (nSPS) is 14.1. The maximum Gasteiger partial charge on any atom is 0.230 e. The maximum atomic E-state index is 12.4. The number of hydrogen-bond donors (Lipinski definition) is 1. The highest BCUT2D eigenvalue weighted by atomic mass is 16.7. The van der Waals surface area contributed by atoms with Gasteiger partial charge in [-0.25, -0.2) is 4.98 Å². The number of rotatable bonds is 4. The number of aryl methyl sites for hydroxylation is 1. The number of carbonyl (C=O) groups excluding carboxylic acids is 2. The van der Waals surface area contributed by atoms with Crippen LogP contribution in [-0.2, 0) is 9.63 Å². The largest absolute Gasteiger partial charge is 0.381 e. The summed E-state index contributed by atoms with van der Waals surface area (Å²) in [6, 6.07) is 9.15. The van der Waals surface area contributed by atoms with Crippen LogP contribution in [0.5, 0.6) is 0 Å². The standard InChI is InChI=1S/C17H18N4O2.C6H5NO/c1-10-5-6-11(15-16(22)17(2,3)23-21-15)7-12(10)13-8-20-14(18-4)9-19-13;8-5-6-2-1-3-7-4-6/h5-9H,1-4H3,(H,18,20);1-5H. The molecule has 1 aliphatic rings. The van der Waals surface area contributed by atoms with E-state index in [-0.39, 0.29) is 5.78 Å². The molecule has 31 heavy (non-hydrogen) atoms. The number of nitrogens with zero attached hydrogens (tertiary/aromatic N) is 4. The van der Waals surface area contributed by atoms with E-state index in [1.165, 1.54) is 6.20 Å². The van der Waals surface area contributed by atoms with E-state index in [2.05, 4.69) is 25.4 Å². The molecule has 158 valence electrons. The quantitative estimate of drug-likeness (QED) is 0.648. The average molecular weight is 417 g/mol. The lowest BCUT2D eigenvalue weighted by atomic mass is 9.93. The number of benzene rings is 1. The number of Topliss-reactive ketones (excluding diaryl/α,β-unsaturated/α-hetero) is 1. The molecule has 3 heterocycles. The van der Waals surface area contributed by atoms with E-state index in [4.69, 9.17) is 4.84 Å². The van der Waals surface area contributed by atoms with Gasteiger partial charge in [-0.3, -0.25) is 19.6 Å². The van der Waals surface area contributed by atoms with Crippen molar-refractivity contribution in [3.63, 3.8) is 0 Å². The Labute approximate surface area is 180 Å². The molecule has 0 bridgehead atoms. The first kappa shape index (κ1) is 21.8. The summed E-state index contributed by atoms with van der Waals surface area (Å²) >= 11 is 0. The molecule has 0 atom stereocenters. The van der Waals surface area contributed by atoms with Gasteiger partial charge >= 0.3 is 0 Å². The van der Waals surface area contributed by atoms with Gasteiger partial charge in [0.1, 0.15) is 5.82 Å². The Bertz CT molecular complexity index is 1110. The van der Waals surface area contributed by atoms with Crippen LogP contribution < -0.4 is 5.32 Å². The average Bonchev–Trinajstić information content (AvgIpc) is 3.08. The topological polar surface area (TPSA) is 106 Å². The molecule has 0 unspecified atom stereocenters. The first-order valence-electron chi connectivity index (χ1n) is 9.63. The van der Waals surface area contributed by atoms with Gasteiger partial charge < -0.3 is 10.2 Å². The summed E-state index contributed by atoms with van der Waals surface area (Å²) in [5.41, 5.74) is 3.48. The maximum absolute atomic E-state index is 12.4. The van der Waals surface area contributed by atoms with Crippen molar-refractivity contribution in [1.29, 1.82) is 0 Å². The zero-order valence-electron chi connectivity index (χ0n) is 17.8. The van der Waals surface area contributed by atoms with Crippen LogP contribution in [0.15, 0.2) is 60.3 Å². The van der Waals surface area contributed by atoms with Crippen LogP contribution in [-0.4, -0.2) is 45.4 Å². The summed E-state index contributed by atoms with van der Waals surface area (Å²) in [6.45, 7) is 5.41. The number of nitrogens with one attached hydrogen (secondary N) is 1. The van der Waals surface area contributed by atoms with Gasteiger partial charge in [-0.05, 0) is 44.5 Å². The molecule has 1 N–H and O–H groups in total. The minimum Gasteiger partial charge on any atom is -0.381 e. The fourth-order valence-electron chi connectivity index (χ4n) is 2.80. The number of oxime groups is 1. The first-order chi connectivity index (χ1) is 14.9. The van der Waals surface area contributed by atoms with Crippen molar-refractivity contribution < 1.29 is 14.4 Å². The number of anilines is 1. The highest BCUT2D eigenvalue weighted by Crippen LogP contribution is 2.27. The summed E-state index contributed by atoms with van der Waals surface area (Å²) in [5, 5.41) is 6.89. The Morgan fingerprint density at radius 1 is 1.10 bits per heavy atom. The molecule has 0 fully saturated rings. The van der Waals surface area contributed by atoms with E-state index in [1.807, 2.05) is 25.1 Å². The minimum atomic E-state index is -0.908. The summed E-state index contributed by atoms with van der Waals surface area (Å²) in [7, 11) is 1.79. The minimum absolute atomic E-state index is 0.121. The molecule has 0 radical (unpaired) electrons. The molecule has 1 aromatic carbocycles. The number of ketones is 1. The van der Waals surface area contributed by atoms with Crippen LogP contribution in [0.25, 0.3) is 11.3 Å². The SMILES string of the molecule is CNc1cnc(-c2cc(C3=NOC(C)(C)C3=O)ccc2C)cn1.O=Cc1cccnc1. The zero-order valence-corrected chi connectivity index (χ0v) is 17.8. The third kappa shape index (κ3) is 4.98. The molecule has 1 aliphatic heterocycles. The monoisotopic (exact) mass is 417 g/mol. The van der Waals surface area contributed by atoms with E-state index in [1.54, 1.807) is 51.6 Å². The van der Waals surface area contributed by atoms with Crippen molar-refractivity contribution in [2.24, 2.45) is 5.16 Å². The molecular weight excluding hydrogens is 394 g/mol. The van der Waals surface area contributed by atoms with Gasteiger partial charge in [0.25, 0.3) is 0 Å². The van der Waals surface area contributed by atoms with Crippen LogP contribution in [0.1, 0.15) is 35.3 Å². The van der Waals surface area contributed by atoms with Gasteiger partial charge in [0.15, 0.2) is 17.6 Å². The van der Waals surface area contributed by atoms with Crippen molar-refractivity contribution in [2.75, 3.05) is 12.4 Å². The highest BCUT2D eigenvalue weighted by Gasteiger charge is 2.40. The molecule has 0 saturated heterocycles. The second kappa shape index (κ2) is 9.25. The number of pyridine rings is 1. The van der Waals surface area contributed by atoms with Crippen LogP contribution in [0.4, 0.5) is 5.82 Å². The van der Waals surface area contributed by atoms with Gasteiger partial charge in [0.05, 0.1) is 18.1 Å². The van der Waals surface area contributed by atoms with Crippen molar-refractivity contribution in [3.8, 4) is 11.3 Å². The molecule has 0 amide bonds. The fraction of sp³-hybridized carbons (Fsp3) is 0.217. The summed E-state index contributed by atoms with van der Waals surface area (Å²) in [6.07, 6.45) is 7.30. The van der Waals surface area contributed by atoms with Crippen molar-refractivity contribution in [3.05, 3.63) is 71.8 Å². The summed E-state index contributed by atoms with van der Waals surface area (Å²) in [4.78, 5) is 40.0. The van der Waals surface area contributed by atoms with E-state index in [0.29, 0.717) is 17.1 Å². The van der Waals surface area contributed by atoms with Crippen LogP contribution in [0.2, 0.25) is 0 Å². The van der Waals surface area contributed by atoms with E-state index >= 15 is 0 Å². The number of aldehydes is 1. The zero-order chi connectivity index (χ0) is 22.4. The van der Waals surface area contributed by atoms with Crippen LogP contribution >= 0.6 is 0 Å². The van der Waals surface area contributed by atoms with Crippen LogP contribution in [0.3, 0.4) is 0 Å². The molecule has 0 saturated carbocycles. The number of carbonyl (C=O) groups is 2. The Morgan fingerprint density at radius 2 is 1.90 bits per heavy atom. The van der Waals surface area contributed by atoms with Gasteiger partial charge in [-0.15, -0.1) is 0 Å². The second-order valence-electron chi connectivity index (χ2n) is 7.34. The molecule has 8 heteroatoms. The van der Waals surface area contributed by atoms with Gasteiger partial charge in [-0.1, -0.05) is 17.3 Å². The van der Waals surface area contributed by atoms with E-state index in [9.17, 15) is 9.59 Å². The van der Waals surface area contributed by atoms with E-state index < -0.39 is 5.60 Å².